The largest absolute Gasteiger partial charge is 0.466 e. The van der Waals surface area contributed by atoms with Gasteiger partial charge in [0.2, 0.25) is 0 Å². The van der Waals surface area contributed by atoms with Crippen LogP contribution in [0, 0.1) is 0 Å². The van der Waals surface area contributed by atoms with Gasteiger partial charge in [-0.2, -0.15) is 0 Å². The van der Waals surface area contributed by atoms with Gasteiger partial charge in [0.05, 0.1) is 6.61 Å². The first-order valence-electron chi connectivity index (χ1n) is 20.8. The molecule has 0 rings (SSSR count). The third-order valence-electron chi connectivity index (χ3n) is 8.90. The Morgan fingerprint density at radius 1 is 0.426 bits per heavy atom. The van der Waals surface area contributed by atoms with Crippen molar-refractivity contribution in [3.63, 3.8) is 0 Å². The summed E-state index contributed by atoms with van der Waals surface area (Å²) in [5.74, 6) is -0.0107. The minimum atomic E-state index is -0.0107. The molecule has 0 fully saturated rings. The Bertz CT molecular complexity index is 722. The molecule has 0 saturated heterocycles. The maximum absolute atomic E-state index is 12.0. The Kier molecular flexibility index (Phi) is 41.0. The second-order valence-electron chi connectivity index (χ2n) is 13.7. The number of rotatable bonds is 38. The molecule has 0 aromatic carbocycles. The van der Waals surface area contributed by atoms with Gasteiger partial charge in [0.15, 0.2) is 0 Å². The minimum Gasteiger partial charge on any atom is -0.466 e. The predicted octanol–water partition coefficient (Wildman–Crippen LogP) is 14.1. The number of hydrogen-bond acceptors (Lipinski definition) is 3. The number of ether oxygens (including phenoxy) is 1. The Balaban J connectivity index is 3.23. The van der Waals surface area contributed by atoms with Crippen LogP contribution in [0.15, 0.2) is 48.6 Å². The Labute approximate surface area is 294 Å². The summed E-state index contributed by atoms with van der Waals surface area (Å²) in [7, 11) is 0. The van der Waals surface area contributed by atoms with Crippen LogP contribution in [0.4, 0.5) is 0 Å². The van der Waals surface area contributed by atoms with Crippen molar-refractivity contribution < 1.29 is 9.53 Å². The van der Waals surface area contributed by atoms with Gasteiger partial charge in [-0.1, -0.05) is 159 Å². The van der Waals surface area contributed by atoms with Gasteiger partial charge in [0, 0.05) is 6.42 Å². The molecule has 47 heavy (non-hydrogen) atoms. The predicted molar refractivity (Wildman–Crippen MR) is 210 cm³/mol. The summed E-state index contributed by atoms with van der Waals surface area (Å²) in [6, 6.07) is 0. The molecular weight excluding hydrogens is 574 g/mol. The first kappa shape index (κ1) is 45.4. The average molecular weight is 656 g/mol. The fourth-order valence-corrected chi connectivity index (χ4v) is 5.76. The molecule has 3 heteroatoms. The van der Waals surface area contributed by atoms with Gasteiger partial charge in [-0.25, -0.2) is 0 Å². The summed E-state index contributed by atoms with van der Waals surface area (Å²) >= 11 is 0. The molecule has 0 spiro atoms. The van der Waals surface area contributed by atoms with Crippen molar-refractivity contribution in [3.05, 3.63) is 48.6 Å². The van der Waals surface area contributed by atoms with Crippen LogP contribution in [-0.4, -0.2) is 25.7 Å². The lowest BCUT2D eigenvalue weighted by Gasteiger charge is -2.07. The monoisotopic (exact) mass is 656 g/mol. The fourth-order valence-electron chi connectivity index (χ4n) is 5.76. The van der Waals surface area contributed by atoms with Crippen LogP contribution in [0.2, 0.25) is 0 Å². The number of carbonyl (C=O) groups excluding carboxylic acids is 1. The average Bonchev–Trinajstić information content (AvgIpc) is 3.08. The van der Waals surface area contributed by atoms with E-state index in [4.69, 9.17) is 4.74 Å². The number of esters is 1. The molecule has 0 aliphatic rings. The molecule has 0 aromatic rings. The van der Waals surface area contributed by atoms with Crippen LogP contribution in [0.25, 0.3) is 0 Å². The number of carbonyl (C=O) groups is 1. The number of nitrogens with one attached hydrogen (secondary N) is 1. The van der Waals surface area contributed by atoms with Crippen LogP contribution < -0.4 is 5.32 Å². The van der Waals surface area contributed by atoms with Gasteiger partial charge in [-0.3, -0.25) is 4.79 Å². The second-order valence-corrected chi connectivity index (χ2v) is 13.7. The molecule has 0 heterocycles. The summed E-state index contributed by atoms with van der Waals surface area (Å²) in [4.78, 5) is 12.0. The summed E-state index contributed by atoms with van der Waals surface area (Å²) in [6.45, 7) is 7.25. The molecule has 3 nitrogen and oxygen atoms in total. The molecule has 0 amide bonds. The third kappa shape index (κ3) is 42.4. The highest BCUT2D eigenvalue weighted by atomic mass is 16.5. The van der Waals surface area contributed by atoms with Gasteiger partial charge in [-0.05, 0) is 103 Å². The Morgan fingerprint density at radius 2 is 0.787 bits per heavy atom. The zero-order chi connectivity index (χ0) is 34.0. The first-order chi connectivity index (χ1) is 23.3. The van der Waals surface area contributed by atoms with Crippen molar-refractivity contribution in [2.45, 2.75) is 206 Å². The molecule has 0 saturated carbocycles. The second kappa shape index (κ2) is 42.4. The minimum absolute atomic E-state index is 0.0107. The molecule has 0 aliphatic heterocycles. The van der Waals surface area contributed by atoms with Gasteiger partial charge >= 0.3 is 5.97 Å². The standard InChI is InChI=1S/C44H81NO2/c1-3-5-7-9-11-13-15-17-19-20-21-22-23-25-27-29-31-33-35-37-41-45-42-38-39-43-47-44(46)40-36-34-32-30-28-26-24-18-16-14-12-10-8-6-4-2/h11-14,17-19,24,45H,3-10,15-16,20-23,25-43H2,1-2H3/b13-11-,14-12-,19-17-,24-18-. The summed E-state index contributed by atoms with van der Waals surface area (Å²) in [6.07, 6.45) is 56.0. The van der Waals surface area contributed by atoms with Crippen LogP contribution in [-0.2, 0) is 9.53 Å². The molecule has 0 unspecified atom stereocenters. The zero-order valence-electron chi connectivity index (χ0n) is 31.8. The van der Waals surface area contributed by atoms with E-state index in [1.807, 2.05) is 0 Å². The van der Waals surface area contributed by atoms with Crippen molar-refractivity contribution in [2.24, 2.45) is 0 Å². The topological polar surface area (TPSA) is 38.3 Å². The molecule has 0 radical (unpaired) electrons. The fraction of sp³-hybridized carbons (Fsp3) is 0.795. The zero-order valence-corrected chi connectivity index (χ0v) is 31.8. The van der Waals surface area contributed by atoms with Crippen LogP contribution in [0.5, 0.6) is 0 Å². The van der Waals surface area contributed by atoms with Crippen LogP contribution in [0.3, 0.4) is 0 Å². The van der Waals surface area contributed by atoms with Crippen LogP contribution >= 0.6 is 0 Å². The quantitative estimate of drug-likeness (QED) is 0.0409. The normalized spacial score (nSPS) is 12.1. The Morgan fingerprint density at radius 3 is 1.23 bits per heavy atom. The highest BCUT2D eigenvalue weighted by molar-refractivity contribution is 5.69. The number of allylic oxidation sites excluding steroid dienone is 8. The van der Waals surface area contributed by atoms with E-state index in [-0.39, 0.29) is 5.97 Å². The third-order valence-corrected chi connectivity index (χ3v) is 8.90. The van der Waals surface area contributed by atoms with E-state index >= 15 is 0 Å². The highest BCUT2D eigenvalue weighted by Crippen LogP contribution is 2.12. The van der Waals surface area contributed by atoms with E-state index in [1.54, 1.807) is 0 Å². The lowest BCUT2D eigenvalue weighted by Crippen LogP contribution is -2.17. The molecule has 0 atom stereocenters. The maximum Gasteiger partial charge on any atom is 0.305 e. The van der Waals surface area contributed by atoms with E-state index in [0.717, 1.165) is 51.6 Å². The summed E-state index contributed by atoms with van der Waals surface area (Å²) in [5.41, 5.74) is 0. The van der Waals surface area contributed by atoms with Gasteiger partial charge in [-0.15, -0.1) is 0 Å². The van der Waals surface area contributed by atoms with Gasteiger partial charge in [0.25, 0.3) is 0 Å². The smallest absolute Gasteiger partial charge is 0.305 e. The molecule has 0 bridgehead atoms. The maximum atomic E-state index is 12.0. The first-order valence-corrected chi connectivity index (χ1v) is 20.8. The van der Waals surface area contributed by atoms with Crippen molar-refractivity contribution >= 4 is 5.97 Å². The van der Waals surface area contributed by atoms with Gasteiger partial charge in [0.1, 0.15) is 0 Å². The lowest BCUT2D eigenvalue weighted by molar-refractivity contribution is -0.143. The molecule has 1 N–H and O–H groups in total. The van der Waals surface area contributed by atoms with Crippen molar-refractivity contribution in [2.75, 3.05) is 19.7 Å². The lowest BCUT2D eigenvalue weighted by atomic mass is 10.1. The molecule has 0 aromatic heterocycles. The summed E-state index contributed by atoms with van der Waals surface area (Å²) in [5, 5.41) is 3.56. The van der Waals surface area contributed by atoms with E-state index < -0.39 is 0 Å². The van der Waals surface area contributed by atoms with Crippen molar-refractivity contribution in [1.82, 2.24) is 5.32 Å². The molecule has 274 valence electrons. The number of hydrogen-bond donors (Lipinski definition) is 1. The van der Waals surface area contributed by atoms with Gasteiger partial charge < -0.3 is 10.1 Å². The molecule has 0 aliphatic carbocycles. The number of unbranched alkanes of at least 4 members (excludes halogenated alkanes) is 22. The molecular formula is C44H81NO2. The van der Waals surface area contributed by atoms with Crippen molar-refractivity contribution in [3.8, 4) is 0 Å². The van der Waals surface area contributed by atoms with E-state index in [1.165, 1.54) is 148 Å². The SMILES string of the molecule is CCCCC/C=C\C/C=C\CCCCCCCCCCCCNCCCCOC(=O)CCCCCCC/C=C\C/C=C\CCCCC. The summed E-state index contributed by atoms with van der Waals surface area (Å²) < 4.78 is 5.43. The van der Waals surface area contributed by atoms with E-state index in [9.17, 15) is 4.79 Å². The van der Waals surface area contributed by atoms with Crippen LogP contribution in [0.1, 0.15) is 206 Å². The highest BCUT2D eigenvalue weighted by Gasteiger charge is 2.02. The van der Waals surface area contributed by atoms with E-state index in [0.29, 0.717) is 13.0 Å². The Hall–Kier alpha value is -1.61. The van der Waals surface area contributed by atoms with Crippen molar-refractivity contribution in [1.29, 1.82) is 0 Å². The van der Waals surface area contributed by atoms with E-state index in [2.05, 4.69) is 67.8 Å².